The van der Waals surface area contributed by atoms with E-state index in [0.717, 1.165) is 18.7 Å². The summed E-state index contributed by atoms with van der Waals surface area (Å²) in [6, 6.07) is 0. The number of hydrogen-bond acceptors (Lipinski definition) is 4. The van der Waals surface area contributed by atoms with Crippen molar-refractivity contribution in [3.05, 3.63) is 0 Å². The standard InChI is InChI=1S/C12H25N3O2S/c1-4-7-14-10(16)9-18-8-6-12(3,11(13)17)15-5-2/h15H,4-9H2,1-3H3,(H2,13,17)(H,14,16). The molecule has 6 heteroatoms. The first kappa shape index (κ1) is 17.2. The van der Waals surface area contributed by atoms with Gasteiger partial charge in [0.1, 0.15) is 0 Å². The molecule has 4 N–H and O–H groups in total. The molecular formula is C12H25N3O2S. The first-order valence-corrected chi connectivity index (χ1v) is 7.51. The van der Waals surface area contributed by atoms with Crippen molar-refractivity contribution in [1.82, 2.24) is 10.6 Å². The second-order valence-corrected chi connectivity index (χ2v) is 5.48. The fraction of sp³-hybridized carbons (Fsp3) is 0.833. The Bertz CT molecular complexity index is 274. The smallest absolute Gasteiger partial charge is 0.237 e. The van der Waals surface area contributed by atoms with E-state index in [2.05, 4.69) is 10.6 Å². The number of primary amides is 1. The molecule has 0 aliphatic carbocycles. The number of nitrogens with two attached hydrogens (primary N) is 1. The number of thioether (sulfide) groups is 1. The van der Waals surface area contributed by atoms with Gasteiger partial charge >= 0.3 is 0 Å². The average Bonchev–Trinajstić information content (AvgIpc) is 2.32. The highest BCUT2D eigenvalue weighted by atomic mass is 32.2. The Labute approximate surface area is 114 Å². The number of rotatable bonds is 10. The lowest BCUT2D eigenvalue weighted by atomic mass is 9.98. The van der Waals surface area contributed by atoms with Crippen molar-refractivity contribution in [3.8, 4) is 0 Å². The van der Waals surface area contributed by atoms with Gasteiger partial charge in [0.05, 0.1) is 11.3 Å². The molecule has 0 aliphatic heterocycles. The van der Waals surface area contributed by atoms with Crippen LogP contribution in [-0.4, -0.2) is 41.9 Å². The molecule has 0 fully saturated rings. The molecular weight excluding hydrogens is 250 g/mol. The summed E-state index contributed by atoms with van der Waals surface area (Å²) in [6.07, 6.45) is 1.57. The van der Waals surface area contributed by atoms with Gasteiger partial charge in [0, 0.05) is 6.54 Å². The van der Waals surface area contributed by atoms with Crippen molar-refractivity contribution < 1.29 is 9.59 Å². The third-order valence-corrected chi connectivity index (χ3v) is 3.62. The summed E-state index contributed by atoms with van der Waals surface area (Å²) in [5.74, 6) is 0.860. The molecule has 0 rings (SSSR count). The van der Waals surface area contributed by atoms with E-state index in [1.165, 1.54) is 11.8 Å². The van der Waals surface area contributed by atoms with Gasteiger partial charge in [0.25, 0.3) is 0 Å². The summed E-state index contributed by atoms with van der Waals surface area (Å²) in [7, 11) is 0. The first-order valence-electron chi connectivity index (χ1n) is 6.35. The monoisotopic (exact) mass is 275 g/mol. The summed E-state index contributed by atoms with van der Waals surface area (Å²) in [6.45, 7) is 7.17. The Morgan fingerprint density at radius 3 is 2.50 bits per heavy atom. The summed E-state index contributed by atoms with van der Waals surface area (Å²) in [5.41, 5.74) is 4.70. The number of amides is 2. The minimum Gasteiger partial charge on any atom is -0.368 e. The van der Waals surface area contributed by atoms with Crippen LogP contribution in [0.2, 0.25) is 0 Å². The maximum absolute atomic E-state index is 11.4. The van der Waals surface area contributed by atoms with Crippen LogP contribution < -0.4 is 16.4 Å². The van der Waals surface area contributed by atoms with E-state index in [0.29, 0.717) is 18.7 Å². The van der Waals surface area contributed by atoms with Gasteiger partial charge in [-0.3, -0.25) is 9.59 Å². The van der Waals surface area contributed by atoms with Crippen molar-refractivity contribution >= 4 is 23.6 Å². The molecule has 1 unspecified atom stereocenters. The van der Waals surface area contributed by atoms with Crippen LogP contribution in [0.5, 0.6) is 0 Å². The molecule has 106 valence electrons. The predicted octanol–water partition coefficient (Wildman–Crippen LogP) is 0.489. The van der Waals surface area contributed by atoms with Crippen LogP contribution in [0, 0.1) is 0 Å². The molecule has 1 atom stereocenters. The third-order valence-electron chi connectivity index (χ3n) is 2.66. The maximum Gasteiger partial charge on any atom is 0.237 e. The molecule has 0 aromatic carbocycles. The summed E-state index contributed by atoms with van der Waals surface area (Å²) >= 11 is 1.52. The van der Waals surface area contributed by atoms with E-state index in [1.807, 2.05) is 13.8 Å². The molecule has 0 bridgehead atoms. The van der Waals surface area contributed by atoms with E-state index >= 15 is 0 Å². The predicted molar refractivity (Wildman–Crippen MR) is 76.5 cm³/mol. The topological polar surface area (TPSA) is 84.2 Å². The Morgan fingerprint density at radius 1 is 1.33 bits per heavy atom. The Morgan fingerprint density at radius 2 is 2.00 bits per heavy atom. The lowest BCUT2D eigenvalue weighted by Crippen LogP contribution is -2.53. The van der Waals surface area contributed by atoms with Crippen LogP contribution >= 0.6 is 11.8 Å². The van der Waals surface area contributed by atoms with Gasteiger partial charge in [-0.15, -0.1) is 0 Å². The van der Waals surface area contributed by atoms with Crippen LogP contribution in [0.3, 0.4) is 0 Å². The van der Waals surface area contributed by atoms with Gasteiger partial charge in [-0.1, -0.05) is 13.8 Å². The van der Waals surface area contributed by atoms with Crippen LogP contribution in [0.15, 0.2) is 0 Å². The van der Waals surface area contributed by atoms with Crippen LogP contribution in [-0.2, 0) is 9.59 Å². The zero-order valence-electron chi connectivity index (χ0n) is 11.5. The van der Waals surface area contributed by atoms with Crippen molar-refractivity contribution in [3.63, 3.8) is 0 Å². The zero-order valence-corrected chi connectivity index (χ0v) is 12.4. The number of carbonyl (C=O) groups is 2. The zero-order chi connectivity index (χ0) is 14.0. The summed E-state index contributed by atoms with van der Waals surface area (Å²) in [4.78, 5) is 22.7. The molecule has 0 radical (unpaired) electrons. The maximum atomic E-state index is 11.4. The molecule has 18 heavy (non-hydrogen) atoms. The van der Waals surface area contributed by atoms with Crippen molar-refractivity contribution in [2.75, 3.05) is 24.6 Å². The lowest BCUT2D eigenvalue weighted by molar-refractivity contribution is -0.123. The van der Waals surface area contributed by atoms with Gasteiger partial charge in [-0.25, -0.2) is 0 Å². The molecule has 0 saturated carbocycles. The fourth-order valence-corrected chi connectivity index (χ4v) is 2.43. The van der Waals surface area contributed by atoms with E-state index in [-0.39, 0.29) is 11.8 Å². The second kappa shape index (κ2) is 9.22. The van der Waals surface area contributed by atoms with Gasteiger partial charge in [0.2, 0.25) is 11.8 Å². The van der Waals surface area contributed by atoms with E-state index in [9.17, 15) is 9.59 Å². The highest BCUT2D eigenvalue weighted by Crippen LogP contribution is 2.13. The Hall–Kier alpha value is -0.750. The van der Waals surface area contributed by atoms with E-state index in [4.69, 9.17) is 5.73 Å². The lowest BCUT2D eigenvalue weighted by Gasteiger charge is -2.26. The van der Waals surface area contributed by atoms with Crippen molar-refractivity contribution in [2.24, 2.45) is 5.73 Å². The second-order valence-electron chi connectivity index (χ2n) is 4.38. The van der Waals surface area contributed by atoms with Crippen LogP contribution in [0.1, 0.15) is 33.6 Å². The normalized spacial score (nSPS) is 13.9. The Kier molecular flexibility index (Phi) is 8.83. The highest BCUT2D eigenvalue weighted by molar-refractivity contribution is 7.99. The molecule has 0 aromatic heterocycles. The van der Waals surface area contributed by atoms with Crippen molar-refractivity contribution in [1.29, 1.82) is 0 Å². The molecule has 0 aliphatic rings. The number of hydrogen-bond donors (Lipinski definition) is 3. The SMILES string of the molecule is CCCNC(=O)CSCCC(C)(NCC)C(N)=O. The fourth-order valence-electron chi connectivity index (χ4n) is 1.45. The minimum atomic E-state index is -0.679. The summed E-state index contributed by atoms with van der Waals surface area (Å²) < 4.78 is 0. The molecule has 0 aromatic rings. The quantitative estimate of drug-likeness (QED) is 0.507. The largest absolute Gasteiger partial charge is 0.368 e. The average molecular weight is 275 g/mol. The van der Waals surface area contributed by atoms with Crippen LogP contribution in [0.4, 0.5) is 0 Å². The van der Waals surface area contributed by atoms with Gasteiger partial charge in [0.15, 0.2) is 0 Å². The molecule has 5 nitrogen and oxygen atoms in total. The van der Waals surface area contributed by atoms with Gasteiger partial charge in [-0.05, 0) is 32.1 Å². The molecule has 0 heterocycles. The third kappa shape index (κ3) is 6.86. The van der Waals surface area contributed by atoms with Crippen LogP contribution in [0.25, 0.3) is 0 Å². The van der Waals surface area contributed by atoms with Gasteiger partial charge in [-0.2, -0.15) is 11.8 Å². The summed E-state index contributed by atoms with van der Waals surface area (Å²) in [5, 5.41) is 5.90. The number of carbonyl (C=O) groups excluding carboxylic acids is 2. The highest BCUT2D eigenvalue weighted by Gasteiger charge is 2.29. The van der Waals surface area contributed by atoms with Gasteiger partial charge < -0.3 is 16.4 Å². The molecule has 0 spiro atoms. The minimum absolute atomic E-state index is 0.0473. The number of likely N-dealkylation sites (N-methyl/N-ethyl adjacent to an activating group) is 1. The molecule has 0 saturated heterocycles. The number of nitrogens with one attached hydrogen (secondary N) is 2. The van der Waals surface area contributed by atoms with E-state index < -0.39 is 5.54 Å². The Balaban J connectivity index is 3.87. The molecule has 2 amide bonds. The van der Waals surface area contributed by atoms with Crippen molar-refractivity contribution in [2.45, 2.75) is 39.2 Å². The first-order chi connectivity index (χ1) is 8.46. The van der Waals surface area contributed by atoms with E-state index in [1.54, 1.807) is 6.92 Å².